The summed E-state index contributed by atoms with van der Waals surface area (Å²) in [4.78, 5) is 0. The van der Waals surface area contributed by atoms with Crippen LogP contribution in [0.2, 0.25) is 0 Å². The molecule has 0 aliphatic heterocycles. The molecular formula is C18H20ClFO. The third kappa shape index (κ3) is 3.76. The minimum atomic E-state index is -0.396. The molecule has 0 unspecified atom stereocenters. The topological polar surface area (TPSA) is 9.23 Å². The maximum absolute atomic E-state index is 13.9. The third-order valence-electron chi connectivity index (χ3n) is 3.41. The summed E-state index contributed by atoms with van der Waals surface area (Å²) < 4.78 is 19.6. The second kappa shape index (κ2) is 6.07. The van der Waals surface area contributed by atoms with Crippen molar-refractivity contribution in [1.82, 2.24) is 0 Å². The van der Waals surface area contributed by atoms with Crippen LogP contribution in [0, 0.1) is 12.7 Å². The van der Waals surface area contributed by atoms with Crippen molar-refractivity contribution in [3.05, 3.63) is 58.9 Å². The quantitative estimate of drug-likeness (QED) is 0.635. The van der Waals surface area contributed by atoms with Gasteiger partial charge >= 0.3 is 0 Å². The molecule has 2 rings (SSSR count). The summed E-state index contributed by atoms with van der Waals surface area (Å²) >= 11 is 5.69. The largest absolute Gasteiger partial charge is 0.454 e. The lowest BCUT2D eigenvalue weighted by Gasteiger charge is -2.20. The fourth-order valence-corrected chi connectivity index (χ4v) is 2.23. The summed E-state index contributed by atoms with van der Waals surface area (Å²) in [6.45, 7) is 8.45. The summed E-state index contributed by atoms with van der Waals surface area (Å²) in [7, 11) is 0. The second-order valence-electron chi connectivity index (χ2n) is 6.23. The van der Waals surface area contributed by atoms with Crippen LogP contribution < -0.4 is 4.74 Å². The van der Waals surface area contributed by atoms with E-state index < -0.39 is 5.82 Å². The number of halogens is 2. The van der Waals surface area contributed by atoms with Crippen LogP contribution in [-0.2, 0) is 11.3 Å². The maximum atomic E-state index is 13.9. The zero-order valence-electron chi connectivity index (χ0n) is 12.8. The van der Waals surface area contributed by atoms with E-state index in [-0.39, 0.29) is 17.0 Å². The predicted octanol–water partition coefficient (Wildman–Crippen LogP) is 5.96. The summed E-state index contributed by atoms with van der Waals surface area (Å²) in [5, 5.41) is 0. The molecule has 0 bridgehead atoms. The molecule has 3 heteroatoms. The van der Waals surface area contributed by atoms with E-state index in [9.17, 15) is 4.39 Å². The summed E-state index contributed by atoms with van der Waals surface area (Å²) in [5.74, 6) is 0.778. The van der Waals surface area contributed by atoms with E-state index in [4.69, 9.17) is 16.3 Å². The summed E-state index contributed by atoms with van der Waals surface area (Å²) in [5.41, 5.74) is 3.03. The standard InChI is InChI=1S/C18H20ClFO/c1-12-9-14(18(2,3)4)6-8-16(12)21-17-7-5-13(11-19)10-15(17)20/h5-10H,11H2,1-4H3. The van der Waals surface area contributed by atoms with Crippen molar-refractivity contribution in [1.29, 1.82) is 0 Å². The molecule has 0 atom stereocenters. The molecule has 112 valence electrons. The smallest absolute Gasteiger partial charge is 0.166 e. The first kappa shape index (κ1) is 15.8. The van der Waals surface area contributed by atoms with Crippen LogP contribution in [-0.4, -0.2) is 0 Å². The molecule has 0 N–H and O–H groups in total. The maximum Gasteiger partial charge on any atom is 0.166 e. The van der Waals surface area contributed by atoms with Gasteiger partial charge in [0.1, 0.15) is 5.75 Å². The van der Waals surface area contributed by atoms with Gasteiger partial charge < -0.3 is 4.74 Å². The highest BCUT2D eigenvalue weighted by atomic mass is 35.5. The first-order valence-corrected chi connectivity index (χ1v) is 7.48. The van der Waals surface area contributed by atoms with Crippen molar-refractivity contribution in [3.8, 4) is 11.5 Å². The zero-order valence-corrected chi connectivity index (χ0v) is 13.6. The molecule has 0 fully saturated rings. The Kier molecular flexibility index (Phi) is 4.58. The van der Waals surface area contributed by atoms with Gasteiger partial charge in [-0.05, 0) is 47.2 Å². The third-order valence-corrected chi connectivity index (χ3v) is 3.72. The van der Waals surface area contributed by atoms with Crippen LogP contribution in [0.15, 0.2) is 36.4 Å². The SMILES string of the molecule is Cc1cc(C(C)(C)C)ccc1Oc1ccc(CCl)cc1F. The molecule has 0 aromatic heterocycles. The average Bonchev–Trinajstić information content (AvgIpc) is 2.41. The Balaban J connectivity index is 2.28. The van der Waals surface area contributed by atoms with Crippen molar-refractivity contribution in [2.45, 2.75) is 39.0 Å². The van der Waals surface area contributed by atoms with Crippen LogP contribution in [0.5, 0.6) is 11.5 Å². The van der Waals surface area contributed by atoms with Crippen molar-refractivity contribution in [2.24, 2.45) is 0 Å². The van der Waals surface area contributed by atoms with Gasteiger partial charge in [-0.2, -0.15) is 0 Å². The zero-order chi connectivity index (χ0) is 15.6. The highest BCUT2D eigenvalue weighted by Gasteiger charge is 2.15. The first-order valence-electron chi connectivity index (χ1n) is 6.94. The molecular weight excluding hydrogens is 287 g/mol. The Hall–Kier alpha value is -1.54. The van der Waals surface area contributed by atoms with Gasteiger partial charge in [0.25, 0.3) is 0 Å². The first-order chi connectivity index (χ1) is 9.81. The van der Waals surface area contributed by atoms with Crippen LogP contribution in [0.1, 0.15) is 37.5 Å². The molecule has 0 heterocycles. The van der Waals surface area contributed by atoms with E-state index in [0.717, 1.165) is 11.1 Å². The molecule has 2 aromatic carbocycles. The van der Waals surface area contributed by atoms with Crippen molar-refractivity contribution < 1.29 is 9.13 Å². The number of alkyl halides is 1. The lowest BCUT2D eigenvalue weighted by Crippen LogP contribution is -2.11. The van der Waals surface area contributed by atoms with E-state index >= 15 is 0 Å². The molecule has 0 spiro atoms. The minimum Gasteiger partial charge on any atom is -0.454 e. The molecule has 1 nitrogen and oxygen atoms in total. The fraction of sp³-hybridized carbons (Fsp3) is 0.333. The van der Waals surface area contributed by atoms with Crippen LogP contribution in [0.25, 0.3) is 0 Å². The Bertz CT molecular complexity index is 644. The summed E-state index contributed by atoms with van der Waals surface area (Å²) in [6, 6.07) is 10.8. The Morgan fingerprint density at radius 2 is 1.71 bits per heavy atom. The van der Waals surface area contributed by atoms with E-state index in [1.54, 1.807) is 12.1 Å². The Morgan fingerprint density at radius 3 is 2.24 bits per heavy atom. The lowest BCUT2D eigenvalue weighted by molar-refractivity contribution is 0.438. The molecule has 21 heavy (non-hydrogen) atoms. The van der Waals surface area contributed by atoms with E-state index in [2.05, 4.69) is 26.8 Å². The average molecular weight is 307 g/mol. The molecule has 0 aliphatic rings. The van der Waals surface area contributed by atoms with Crippen molar-refractivity contribution in [2.75, 3.05) is 0 Å². The predicted molar refractivity (Wildman–Crippen MR) is 85.9 cm³/mol. The van der Waals surface area contributed by atoms with E-state index in [0.29, 0.717) is 5.75 Å². The number of ether oxygens (including phenoxy) is 1. The van der Waals surface area contributed by atoms with Gasteiger partial charge in [0.15, 0.2) is 11.6 Å². The highest BCUT2D eigenvalue weighted by molar-refractivity contribution is 6.17. The molecule has 0 amide bonds. The fourth-order valence-electron chi connectivity index (χ4n) is 2.06. The Morgan fingerprint density at radius 1 is 1.05 bits per heavy atom. The van der Waals surface area contributed by atoms with Gasteiger partial charge in [-0.1, -0.05) is 39.0 Å². The number of hydrogen-bond acceptors (Lipinski definition) is 1. The molecule has 0 saturated heterocycles. The number of aryl methyl sites for hydroxylation is 1. The Labute approximate surface area is 130 Å². The van der Waals surface area contributed by atoms with E-state index in [1.807, 2.05) is 19.1 Å². The van der Waals surface area contributed by atoms with Crippen LogP contribution in [0.4, 0.5) is 4.39 Å². The van der Waals surface area contributed by atoms with E-state index in [1.165, 1.54) is 11.6 Å². The normalized spacial score (nSPS) is 11.5. The van der Waals surface area contributed by atoms with Crippen LogP contribution in [0.3, 0.4) is 0 Å². The molecule has 0 radical (unpaired) electrons. The monoisotopic (exact) mass is 306 g/mol. The highest BCUT2D eigenvalue weighted by Crippen LogP contribution is 2.31. The van der Waals surface area contributed by atoms with Crippen molar-refractivity contribution in [3.63, 3.8) is 0 Å². The number of benzene rings is 2. The number of hydrogen-bond donors (Lipinski definition) is 0. The van der Waals surface area contributed by atoms with Crippen LogP contribution >= 0.6 is 11.6 Å². The van der Waals surface area contributed by atoms with Gasteiger partial charge in [0, 0.05) is 5.88 Å². The second-order valence-corrected chi connectivity index (χ2v) is 6.50. The van der Waals surface area contributed by atoms with Gasteiger partial charge in [0.05, 0.1) is 0 Å². The van der Waals surface area contributed by atoms with Gasteiger partial charge in [-0.25, -0.2) is 4.39 Å². The van der Waals surface area contributed by atoms with Gasteiger partial charge in [-0.3, -0.25) is 0 Å². The molecule has 0 aliphatic carbocycles. The summed E-state index contributed by atoms with van der Waals surface area (Å²) in [6.07, 6.45) is 0. The lowest BCUT2D eigenvalue weighted by atomic mass is 9.86. The van der Waals surface area contributed by atoms with Gasteiger partial charge in [-0.15, -0.1) is 11.6 Å². The van der Waals surface area contributed by atoms with Gasteiger partial charge in [0.2, 0.25) is 0 Å². The molecule has 0 saturated carbocycles. The van der Waals surface area contributed by atoms with Crippen molar-refractivity contribution >= 4 is 11.6 Å². The minimum absolute atomic E-state index is 0.0799. The number of rotatable bonds is 3. The molecule has 2 aromatic rings.